The van der Waals surface area contributed by atoms with Crippen molar-refractivity contribution in [3.05, 3.63) is 87.4 Å². The lowest BCUT2D eigenvalue weighted by Crippen LogP contribution is -2.27. The van der Waals surface area contributed by atoms with Crippen LogP contribution in [0.5, 0.6) is 0 Å². The number of aryl methyl sites for hydroxylation is 2. The standard InChI is InChI=1S/C21H19N5O/c1-12-8-14-10-15(13-6-4-3-5-7-13)18(20-22-11-23-26(20)2)19-17(14)16(9-12)21(27)25-24-19/h3-9,11,15,18H,10H2,1-2H3,(H,25,27). The number of H-pyrrole nitrogens is 1. The third-order valence-corrected chi connectivity index (χ3v) is 5.53. The van der Waals surface area contributed by atoms with E-state index in [0.717, 1.165) is 28.9 Å². The third kappa shape index (κ3) is 2.40. The van der Waals surface area contributed by atoms with Gasteiger partial charge in [-0.2, -0.15) is 10.2 Å². The van der Waals surface area contributed by atoms with Gasteiger partial charge in [0.25, 0.3) is 5.56 Å². The van der Waals surface area contributed by atoms with Crippen LogP contribution in [0.4, 0.5) is 0 Å². The second kappa shape index (κ2) is 5.87. The molecule has 0 saturated heterocycles. The Balaban J connectivity index is 1.85. The zero-order valence-electron chi connectivity index (χ0n) is 15.2. The van der Waals surface area contributed by atoms with Gasteiger partial charge in [-0.05, 0) is 30.5 Å². The lowest BCUT2D eigenvalue weighted by atomic mass is 9.73. The summed E-state index contributed by atoms with van der Waals surface area (Å²) in [5.74, 6) is 0.954. The molecule has 0 spiro atoms. The molecule has 2 aromatic heterocycles. The van der Waals surface area contributed by atoms with Gasteiger partial charge in [0.15, 0.2) is 0 Å². The Morgan fingerprint density at radius 3 is 2.74 bits per heavy atom. The molecule has 2 aromatic carbocycles. The van der Waals surface area contributed by atoms with Crippen LogP contribution in [0.25, 0.3) is 10.8 Å². The van der Waals surface area contributed by atoms with Gasteiger partial charge in [-0.3, -0.25) is 9.48 Å². The normalized spacial score (nSPS) is 18.7. The first kappa shape index (κ1) is 15.9. The molecule has 0 saturated carbocycles. The van der Waals surface area contributed by atoms with E-state index in [1.807, 2.05) is 26.1 Å². The van der Waals surface area contributed by atoms with Gasteiger partial charge in [-0.25, -0.2) is 10.1 Å². The first-order chi connectivity index (χ1) is 13.1. The van der Waals surface area contributed by atoms with Gasteiger partial charge in [0.05, 0.1) is 17.0 Å². The van der Waals surface area contributed by atoms with E-state index in [9.17, 15) is 4.79 Å². The zero-order valence-corrected chi connectivity index (χ0v) is 15.2. The smallest absolute Gasteiger partial charge is 0.267 e. The van der Waals surface area contributed by atoms with Gasteiger partial charge < -0.3 is 0 Å². The van der Waals surface area contributed by atoms with Crippen molar-refractivity contribution in [1.29, 1.82) is 0 Å². The number of hydrogen-bond acceptors (Lipinski definition) is 4. The molecule has 6 nitrogen and oxygen atoms in total. The molecule has 0 bridgehead atoms. The first-order valence-corrected chi connectivity index (χ1v) is 9.04. The minimum absolute atomic E-state index is 0.0746. The molecule has 4 aromatic rings. The molecular weight excluding hydrogens is 338 g/mol. The molecule has 5 rings (SSSR count). The number of benzene rings is 2. The Morgan fingerprint density at radius 2 is 2.00 bits per heavy atom. The molecule has 0 aliphatic heterocycles. The largest absolute Gasteiger partial charge is 0.272 e. The van der Waals surface area contributed by atoms with E-state index in [1.54, 1.807) is 11.0 Å². The molecule has 27 heavy (non-hydrogen) atoms. The molecule has 2 atom stereocenters. The number of aromatic nitrogens is 5. The summed E-state index contributed by atoms with van der Waals surface area (Å²) in [5.41, 5.74) is 4.22. The molecule has 1 N–H and O–H groups in total. The highest BCUT2D eigenvalue weighted by atomic mass is 16.1. The second-order valence-corrected chi connectivity index (χ2v) is 7.23. The van der Waals surface area contributed by atoms with Crippen LogP contribution in [0.1, 0.15) is 40.0 Å². The van der Waals surface area contributed by atoms with Crippen molar-refractivity contribution in [1.82, 2.24) is 25.0 Å². The summed E-state index contributed by atoms with van der Waals surface area (Å²) in [6.07, 6.45) is 2.41. The summed E-state index contributed by atoms with van der Waals surface area (Å²) >= 11 is 0. The van der Waals surface area contributed by atoms with Gasteiger partial charge in [-0.15, -0.1) is 0 Å². The number of nitrogens with zero attached hydrogens (tertiary/aromatic N) is 4. The highest BCUT2D eigenvalue weighted by Gasteiger charge is 2.37. The molecule has 2 unspecified atom stereocenters. The van der Waals surface area contributed by atoms with Crippen molar-refractivity contribution >= 4 is 10.8 Å². The molecule has 1 aliphatic carbocycles. The van der Waals surface area contributed by atoms with E-state index in [2.05, 4.69) is 50.6 Å². The monoisotopic (exact) mass is 357 g/mol. The average Bonchev–Trinajstić information content (AvgIpc) is 3.10. The minimum Gasteiger partial charge on any atom is -0.267 e. The first-order valence-electron chi connectivity index (χ1n) is 9.04. The van der Waals surface area contributed by atoms with Crippen LogP contribution in [-0.4, -0.2) is 25.0 Å². The van der Waals surface area contributed by atoms with Crippen LogP contribution in [0.3, 0.4) is 0 Å². The second-order valence-electron chi connectivity index (χ2n) is 7.23. The molecule has 0 radical (unpaired) electrons. The highest BCUT2D eigenvalue weighted by Crippen LogP contribution is 2.46. The number of aromatic amines is 1. The predicted molar refractivity (Wildman–Crippen MR) is 103 cm³/mol. The van der Waals surface area contributed by atoms with Crippen LogP contribution in [0.15, 0.2) is 53.6 Å². The summed E-state index contributed by atoms with van der Waals surface area (Å²) < 4.78 is 1.80. The summed E-state index contributed by atoms with van der Waals surface area (Å²) in [6, 6.07) is 14.6. The molecule has 0 amide bonds. The van der Waals surface area contributed by atoms with E-state index >= 15 is 0 Å². The summed E-state index contributed by atoms with van der Waals surface area (Å²) in [6.45, 7) is 2.03. The van der Waals surface area contributed by atoms with Crippen LogP contribution in [0, 0.1) is 6.92 Å². The van der Waals surface area contributed by atoms with Crippen molar-refractivity contribution in [2.75, 3.05) is 0 Å². The van der Waals surface area contributed by atoms with Crippen LogP contribution < -0.4 is 5.56 Å². The van der Waals surface area contributed by atoms with Crippen LogP contribution in [0.2, 0.25) is 0 Å². The van der Waals surface area contributed by atoms with Crippen molar-refractivity contribution < 1.29 is 0 Å². The molecule has 2 heterocycles. The summed E-state index contributed by atoms with van der Waals surface area (Å²) in [4.78, 5) is 17.0. The van der Waals surface area contributed by atoms with Crippen LogP contribution >= 0.6 is 0 Å². The van der Waals surface area contributed by atoms with Gasteiger partial charge in [0, 0.05) is 18.4 Å². The highest BCUT2D eigenvalue weighted by molar-refractivity contribution is 5.89. The number of hydrogen-bond donors (Lipinski definition) is 1. The lowest BCUT2D eigenvalue weighted by Gasteiger charge is -2.32. The van der Waals surface area contributed by atoms with Gasteiger partial charge in [0.1, 0.15) is 12.2 Å². The molecule has 134 valence electrons. The van der Waals surface area contributed by atoms with E-state index in [-0.39, 0.29) is 17.4 Å². The van der Waals surface area contributed by atoms with E-state index < -0.39 is 0 Å². The maximum atomic E-state index is 12.4. The Morgan fingerprint density at radius 1 is 1.19 bits per heavy atom. The zero-order chi connectivity index (χ0) is 18.5. The van der Waals surface area contributed by atoms with Crippen LogP contribution in [-0.2, 0) is 13.5 Å². The number of rotatable bonds is 2. The van der Waals surface area contributed by atoms with Gasteiger partial charge in [0.2, 0.25) is 0 Å². The Hall–Kier alpha value is -3.28. The van der Waals surface area contributed by atoms with E-state index in [4.69, 9.17) is 0 Å². The lowest BCUT2D eigenvalue weighted by molar-refractivity contribution is 0.522. The summed E-state index contributed by atoms with van der Waals surface area (Å²) in [5, 5.41) is 13.1. The SMILES string of the molecule is Cc1cc2c3c(n[nH]c(=O)c3c1)C(c1ncnn1C)C(c1ccccc1)C2. The fraction of sp³-hybridized carbons (Fsp3) is 0.238. The quantitative estimate of drug-likeness (QED) is 0.598. The van der Waals surface area contributed by atoms with Crippen molar-refractivity contribution in [2.24, 2.45) is 7.05 Å². The molecule has 1 aliphatic rings. The Bertz CT molecular complexity index is 1210. The van der Waals surface area contributed by atoms with E-state index in [1.165, 1.54) is 11.1 Å². The predicted octanol–water partition coefficient (Wildman–Crippen LogP) is 2.83. The molecule has 6 heteroatoms. The van der Waals surface area contributed by atoms with Crippen molar-refractivity contribution in [3.8, 4) is 0 Å². The third-order valence-electron chi connectivity index (χ3n) is 5.53. The van der Waals surface area contributed by atoms with Crippen molar-refractivity contribution in [3.63, 3.8) is 0 Å². The van der Waals surface area contributed by atoms with E-state index in [0.29, 0.717) is 5.39 Å². The molecule has 0 fully saturated rings. The Kier molecular flexibility index (Phi) is 3.47. The maximum absolute atomic E-state index is 12.4. The number of nitrogens with one attached hydrogen (secondary N) is 1. The minimum atomic E-state index is -0.145. The fourth-order valence-corrected chi connectivity index (χ4v) is 4.40. The van der Waals surface area contributed by atoms with Crippen molar-refractivity contribution in [2.45, 2.75) is 25.2 Å². The summed E-state index contributed by atoms with van der Waals surface area (Å²) in [7, 11) is 1.90. The van der Waals surface area contributed by atoms with Gasteiger partial charge in [-0.1, -0.05) is 42.0 Å². The maximum Gasteiger partial charge on any atom is 0.272 e. The average molecular weight is 357 g/mol. The Labute approximate surface area is 155 Å². The van der Waals surface area contributed by atoms with Gasteiger partial charge >= 0.3 is 0 Å². The fourth-order valence-electron chi connectivity index (χ4n) is 4.40. The topological polar surface area (TPSA) is 76.5 Å². The molecular formula is C21H19N5O.